The zero-order chi connectivity index (χ0) is 27.7. The minimum absolute atomic E-state index is 0. The molecule has 0 spiro atoms. The Morgan fingerprint density at radius 2 is 1.92 bits per heavy atom. The zero-order valence-corrected chi connectivity index (χ0v) is 23.6. The number of carbonyl (C=O) groups excluding carboxylic acids is 1. The summed E-state index contributed by atoms with van der Waals surface area (Å²) in [5.74, 6) is 0.00260. The maximum Gasteiger partial charge on any atom is 0.232 e. The van der Waals surface area contributed by atoms with Gasteiger partial charge in [0.25, 0.3) is 0 Å². The van der Waals surface area contributed by atoms with Crippen LogP contribution in [0, 0.1) is 16.7 Å². The van der Waals surface area contributed by atoms with Crippen LogP contribution in [0.1, 0.15) is 65.9 Å². The van der Waals surface area contributed by atoms with Crippen LogP contribution in [0.25, 0.3) is 0 Å². The Morgan fingerprint density at radius 1 is 1.21 bits per heavy atom. The van der Waals surface area contributed by atoms with E-state index < -0.39 is 5.92 Å². The second-order valence-electron chi connectivity index (χ2n) is 10.1. The molecule has 38 heavy (non-hydrogen) atoms. The van der Waals surface area contributed by atoms with Crippen molar-refractivity contribution in [2.75, 3.05) is 33.0 Å². The molecule has 1 aromatic rings. The molecule has 0 radical (unpaired) electrons. The van der Waals surface area contributed by atoms with E-state index in [0.29, 0.717) is 11.5 Å². The number of aromatic nitrogens is 1. The summed E-state index contributed by atoms with van der Waals surface area (Å²) in [6, 6.07) is 5.45. The maximum atomic E-state index is 13.3. The van der Waals surface area contributed by atoms with Crippen molar-refractivity contribution in [3.8, 4) is 0 Å². The van der Waals surface area contributed by atoms with Crippen molar-refractivity contribution in [1.82, 2.24) is 25.0 Å². The minimum Gasteiger partial charge on any atom is -0.394 e. The first-order valence-corrected chi connectivity index (χ1v) is 13.7. The van der Waals surface area contributed by atoms with Crippen LogP contribution in [-0.2, 0) is 4.79 Å². The average Bonchev–Trinajstić information content (AvgIpc) is 3.76. The lowest BCUT2D eigenvalue weighted by atomic mass is 10.1. The molecule has 1 fully saturated rings. The minimum atomic E-state index is -0.413. The van der Waals surface area contributed by atoms with E-state index in [1.54, 1.807) is 23.1 Å². The summed E-state index contributed by atoms with van der Waals surface area (Å²) in [5.41, 5.74) is 4.11. The van der Waals surface area contributed by atoms with E-state index in [-0.39, 0.29) is 19.2 Å². The summed E-state index contributed by atoms with van der Waals surface area (Å²) in [6.45, 7) is 4.85. The van der Waals surface area contributed by atoms with Gasteiger partial charge < -0.3 is 25.3 Å². The molecule has 1 atom stereocenters. The van der Waals surface area contributed by atoms with Gasteiger partial charge in [0.1, 0.15) is 11.5 Å². The largest absolute Gasteiger partial charge is 0.394 e. The topological polar surface area (TPSA) is 111 Å². The number of hydrogen-bond acceptors (Lipinski definition) is 7. The molecule has 208 valence electrons. The van der Waals surface area contributed by atoms with Crippen LogP contribution < -0.4 is 10.6 Å². The predicted octanol–water partition coefficient (Wildman–Crippen LogP) is 4.98. The SMILES string of the molecule is CCN(C1=C(N(C)C)CCCCC1)C(/C=C\NC)=C/C(C)C(=O)Nc1cccc(C(=N)N(C=N)C2CC2)n1.[HH]. The second-order valence-corrected chi connectivity index (χ2v) is 10.1. The Morgan fingerprint density at radius 3 is 2.53 bits per heavy atom. The van der Waals surface area contributed by atoms with Gasteiger partial charge in [-0.15, -0.1) is 0 Å². The van der Waals surface area contributed by atoms with Crippen LogP contribution >= 0.6 is 0 Å². The number of pyridine rings is 1. The lowest BCUT2D eigenvalue weighted by Gasteiger charge is -2.32. The number of rotatable bonds is 12. The van der Waals surface area contributed by atoms with Gasteiger partial charge in [0.05, 0.1) is 12.3 Å². The van der Waals surface area contributed by atoms with Gasteiger partial charge in [0.2, 0.25) is 5.91 Å². The van der Waals surface area contributed by atoms with Crippen LogP contribution in [0.15, 0.2) is 53.6 Å². The molecule has 2 aliphatic carbocycles. The van der Waals surface area contributed by atoms with Crippen molar-refractivity contribution in [3.63, 3.8) is 0 Å². The third kappa shape index (κ3) is 7.46. The van der Waals surface area contributed by atoms with Crippen molar-refractivity contribution in [2.45, 2.75) is 64.8 Å². The van der Waals surface area contributed by atoms with Gasteiger partial charge in [-0.25, -0.2) is 4.98 Å². The van der Waals surface area contributed by atoms with E-state index in [1.165, 1.54) is 30.6 Å². The summed E-state index contributed by atoms with van der Waals surface area (Å²) in [5, 5.41) is 22.1. The van der Waals surface area contributed by atoms with E-state index in [4.69, 9.17) is 10.8 Å². The molecule has 9 heteroatoms. The first-order chi connectivity index (χ1) is 18.3. The number of likely N-dealkylation sites (N-methyl/N-ethyl adjacent to an activating group) is 1. The third-order valence-corrected chi connectivity index (χ3v) is 6.99. The van der Waals surface area contributed by atoms with E-state index in [0.717, 1.165) is 44.3 Å². The molecule has 3 rings (SSSR count). The first kappa shape index (κ1) is 28.9. The number of carbonyl (C=O) groups is 1. The van der Waals surface area contributed by atoms with Gasteiger partial charge >= 0.3 is 0 Å². The molecule has 0 aromatic carbocycles. The molecule has 1 amide bonds. The highest BCUT2D eigenvalue weighted by atomic mass is 16.1. The van der Waals surface area contributed by atoms with Gasteiger partial charge in [-0.3, -0.25) is 15.6 Å². The highest BCUT2D eigenvalue weighted by Crippen LogP contribution is 2.31. The summed E-state index contributed by atoms with van der Waals surface area (Å²) < 4.78 is 0. The molecule has 9 nitrogen and oxygen atoms in total. The highest BCUT2D eigenvalue weighted by Gasteiger charge is 2.30. The lowest BCUT2D eigenvalue weighted by molar-refractivity contribution is -0.118. The number of allylic oxidation sites excluding steroid dienone is 3. The molecule has 0 aliphatic heterocycles. The van der Waals surface area contributed by atoms with Crippen molar-refractivity contribution in [3.05, 3.63) is 59.3 Å². The number of amidine groups is 1. The van der Waals surface area contributed by atoms with E-state index in [1.807, 2.05) is 32.3 Å². The number of nitrogens with one attached hydrogen (secondary N) is 4. The Bertz CT molecular complexity index is 1090. The fourth-order valence-electron chi connectivity index (χ4n) is 4.80. The average molecular weight is 523 g/mol. The number of hydrogen-bond donors (Lipinski definition) is 4. The van der Waals surface area contributed by atoms with Crippen molar-refractivity contribution in [2.24, 2.45) is 5.92 Å². The number of nitrogens with zero attached hydrogens (tertiary/aromatic N) is 4. The van der Waals surface area contributed by atoms with Gasteiger partial charge in [-0.2, -0.15) is 0 Å². The van der Waals surface area contributed by atoms with Crippen molar-refractivity contribution < 1.29 is 6.22 Å². The molecule has 1 aromatic heterocycles. The predicted molar refractivity (Wildman–Crippen MR) is 157 cm³/mol. The van der Waals surface area contributed by atoms with E-state index in [2.05, 4.69) is 46.4 Å². The van der Waals surface area contributed by atoms with Crippen molar-refractivity contribution >= 4 is 23.9 Å². The van der Waals surface area contributed by atoms with E-state index in [9.17, 15) is 4.79 Å². The zero-order valence-electron chi connectivity index (χ0n) is 23.6. The monoisotopic (exact) mass is 522 g/mol. The molecule has 4 N–H and O–H groups in total. The first-order valence-electron chi connectivity index (χ1n) is 13.7. The molecular formula is C29H46N8O. The highest BCUT2D eigenvalue weighted by molar-refractivity contribution is 6.01. The number of anilines is 1. The lowest BCUT2D eigenvalue weighted by Crippen LogP contribution is -2.32. The van der Waals surface area contributed by atoms with Crippen LogP contribution in [0.2, 0.25) is 0 Å². The van der Waals surface area contributed by atoms with E-state index >= 15 is 0 Å². The summed E-state index contributed by atoms with van der Waals surface area (Å²) in [7, 11) is 6.10. The quantitative estimate of drug-likeness (QED) is 0.175. The van der Waals surface area contributed by atoms with Gasteiger partial charge in [0.15, 0.2) is 5.84 Å². The van der Waals surface area contributed by atoms with Crippen LogP contribution in [-0.4, -0.2) is 71.5 Å². The number of amides is 1. The van der Waals surface area contributed by atoms with Crippen molar-refractivity contribution in [1.29, 1.82) is 10.8 Å². The normalized spacial score (nSPS) is 17.0. The standard InChI is InChI=1S/C29H44N8O.H2/c1-6-36(26-13-9-7-8-12-25(26)35(4)5)23(17-18-32-3)19-21(2)29(38)34-27-14-10-11-24(33-27)28(31)37(20-30)22-15-16-22;/h10-11,14,17-22,30-32H,6-9,12-13,15-16H2,1-5H3,(H,33,34,38);1H/b18-17-,23-19+,30-20?,31-28?;. The second kappa shape index (κ2) is 13.8. The molecule has 0 bridgehead atoms. The Labute approximate surface area is 229 Å². The van der Waals surface area contributed by atoms with Crippen LogP contribution in [0.4, 0.5) is 5.82 Å². The fourth-order valence-corrected chi connectivity index (χ4v) is 4.80. The molecule has 1 heterocycles. The van der Waals surface area contributed by atoms with Gasteiger partial charge in [-0.1, -0.05) is 12.5 Å². The van der Waals surface area contributed by atoms with Crippen LogP contribution in [0.3, 0.4) is 0 Å². The molecule has 1 unspecified atom stereocenters. The Balaban J connectivity index is 0.00000533. The summed E-state index contributed by atoms with van der Waals surface area (Å²) in [6.07, 6.45) is 14.7. The Kier molecular flexibility index (Phi) is 10.5. The smallest absolute Gasteiger partial charge is 0.232 e. The molecular weight excluding hydrogens is 476 g/mol. The third-order valence-electron chi connectivity index (χ3n) is 6.99. The maximum absolute atomic E-state index is 13.3. The fraction of sp³-hybridized carbons (Fsp3) is 0.517. The Hall–Kier alpha value is -3.62. The van der Waals surface area contributed by atoms with Gasteiger partial charge in [0, 0.05) is 52.2 Å². The summed E-state index contributed by atoms with van der Waals surface area (Å²) in [4.78, 5) is 23.9. The molecule has 1 saturated carbocycles. The van der Waals surface area contributed by atoms with Gasteiger partial charge in [-0.05, 0) is 82.9 Å². The molecule has 0 saturated heterocycles. The molecule has 2 aliphatic rings. The summed E-state index contributed by atoms with van der Waals surface area (Å²) >= 11 is 0. The van der Waals surface area contributed by atoms with Crippen LogP contribution in [0.5, 0.6) is 0 Å².